The summed E-state index contributed by atoms with van der Waals surface area (Å²) in [7, 11) is 0. The van der Waals surface area contributed by atoms with E-state index in [0.29, 0.717) is 0 Å². The molecule has 0 aromatic carbocycles. The van der Waals surface area contributed by atoms with Crippen molar-refractivity contribution in [2.75, 3.05) is 0 Å². The number of imidazole rings is 1. The largest absolute Gasteiger partial charge is 1.00 e. The zero-order valence-electron chi connectivity index (χ0n) is 6.04. The molecule has 0 radical (unpaired) electrons. The van der Waals surface area contributed by atoms with Gasteiger partial charge in [-0.15, -0.1) is 0 Å². The number of hydrogen-bond donors (Lipinski definition) is 0. The van der Waals surface area contributed by atoms with E-state index < -0.39 is 13.4 Å². The fourth-order valence-corrected chi connectivity index (χ4v) is 0.634. The van der Waals surface area contributed by atoms with Gasteiger partial charge in [-0.25, -0.2) is 4.98 Å². The molecule has 0 saturated carbocycles. The predicted molar refractivity (Wildman–Crippen MR) is 31.3 cm³/mol. The van der Waals surface area contributed by atoms with E-state index in [1.54, 1.807) is 0 Å². The van der Waals surface area contributed by atoms with Gasteiger partial charge < -0.3 is 17.5 Å². The molecule has 11 heavy (non-hydrogen) atoms. The van der Waals surface area contributed by atoms with E-state index in [9.17, 15) is 12.9 Å². The van der Waals surface area contributed by atoms with Crippen LogP contribution in [0.3, 0.4) is 0 Å². The van der Waals surface area contributed by atoms with Gasteiger partial charge >= 0.3 is 58.4 Å². The van der Waals surface area contributed by atoms with Gasteiger partial charge in [-0.05, 0) is 6.44 Å². The van der Waals surface area contributed by atoms with Crippen molar-refractivity contribution in [1.82, 2.24) is 9.55 Å². The molecule has 0 amide bonds. The van der Waals surface area contributed by atoms with Crippen LogP contribution in [0.4, 0.5) is 12.9 Å². The Balaban J connectivity index is 0.000001000. The number of rotatable bonds is 2. The van der Waals surface area contributed by atoms with E-state index in [0.717, 1.165) is 10.9 Å². The summed E-state index contributed by atoms with van der Waals surface area (Å²) in [5, 5.41) is 0. The topological polar surface area (TPSA) is 17.8 Å². The standard InChI is InChI=1S/C4H5BF3N2.K/c6-5(7,8)3-10-2-1-9-4-10;/h1-2,4H,3H2;/q-1;+1. The number of aromatic nitrogens is 2. The van der Waals surface area contributed by atoms with Crippen LogP contribution in [-0.4, -0.2) is 16.5 Å². The van der Waals surface area contributed by atoms with Crippen molar-refractivity contribution < 1.29 is 64.3 Å². The third kappa shape index (κ3) is 5.02. The summed E-state index contributed by atoms with van der Waals surface area (Å²) < 4.78 is 35.9. The molecule has 0 bridgehead atoms. The average molecular weight is 188 g/mol. The molecule has 0 fully saturated rings. The third-order valence-electron chi connectivity index (χ3n) is 0.977. The normalized spacial score (nSPS) is 10.8. The second-order valence-corrected chi connectivity index (χ2v) is 1.97. The van der Waals surface area contributed by atoms with Crippen LogP contribution >= 0.6 is 0 Å². The van der Waals surface area contributed by atoms with E-state index in [2.05, 4.69) is 4.98 Å². The summed E-state index contributed by atoms with van der Waals surface area (Å²) in [6, 6.07) is 0. The Hall–Kier alpha value is 0.701. The van der Waals surface area contributed by atoms with Crippen molar-refractivity contribution in [2.45, 2.75) is 6.44 Å². The second kappa shape index (κ2) is 4.66. The Morgan fingerprint density at radius 3 is 2.36 bits per heavy atom. The molecular formula is C4H5BF3KN2. The van der Waals surface area contributed by atoms with E-state index in [1.807, 2.05) is 0 Å². The summed E-state index contributed by atoms with van der Waals surface area (Å²) in [5.41, 5.74) is 0. The molecule has 0 aliphatic carbocycles. The first-order valence-electron chi connectivity index (χ1n) is 2.75. The summed E-state index contributed by atoms with van der Waals surface area (Å²) in [6.07, 6.45) is 2.85. The van der Waals surface area contributed by atoms with Gasteiger partial charge in [0.2, 0.25) is 0 Å². The van der Waals surface area contributed by atoms with Crippen LogP contribution in [0.2, 0.25) is 0 Å². The Bertz CT molecular complexity index is 198. The van der Waals surface area contributed by atoms with E-state index in [1.165, 1.54) is 12.4 Å². The van der Waals surface area contributed by atoms with Crippen LogP contribution in [0.25, 0.3) is 0 Å². The Morgan fingerprint density at radius 1 is 1.36 bits per heavy atom. The van der Waals surface area contributed by atoms with Crippen LogP contribution < -0.4 is 51.4 Å². The van der Waals surface area contributed by atoms with Gasteiger partial charge in [-0.1, -0.05) is 0 Å². The van der Waals surface area contributed by atoms with E-state index in [-0.39, 0.29) is 51.4 Å². The van der Waals surface area contributed by atoms with Gasteiger partial charge in [-0.2, -0.15) is 0 Å². The molecule has 0 unspecified atom stereocenters. The summed E-state index contributed by atoms with van der Waals surface area (Å²) in [6.45, 7) is -4.73. The predicted octanol–water partition coefficient (Wildman–Crippen LogP) is -1.73. The van der Waals surface area contributed by atoms with Crippen molar-refractivity contribution in [3.8, 4) is 0 Å². The molecule has 1 aromatic heterocycles. The fourth-order valence-electron chi connectivity index (χ4n) is 0.634. The third-order valence-corrected chi connectivity index (χ3v) is 0.977. The molecule has 56 valence electrons. The molecule has 1 heterocycles. The minimum Gasteiger partial charge on any atom is -0.448 e. The first-order chi connectivity index (χ1) is 4.58. The maximum Gasteiger partial charge on any atom is 1.00 e. The minimum atomic E-state index is -4.73. The summed E-state index contributed by atoms with van der Waals surface area (Å²) in [5.74, 6) is 0. The monoisotopic (exact) mass is 188 g/mol. The molecular weight excluding hydrogens is 183 g/mol. The van der Waals surface area contributed by atoms with Crippen molar-refractivity contribution in [1.29, 1.82) is 0 Å². The maximum absolute atomic E-state index is 11.6. The molecule has 0 aliphatic heterocycles. The van der Waals surface area contributed by atoms with Crippen LogP contribution in [0, 0.1) is 0 Å². The van der Waals surface area contributed by atoms with E-state index in [4.69, 9.17) is 0 Å². The van der Waals surface area contributed by atoms with Gasteiger partial charge in [0.25, 0.3) is 0 Å². The minimum absolute atomic E-state index is 0. The van der Waals surface area contributed by atoms with Gasteiger partial charge in [0, 0.05) is 12.4 Å². The smallest absolute Gasteiger partial charge is 0.448 e. The van der Waals surface area contributed by atoms with Crippen molar-refractivity contribution in [2.24, 2.45) is 0 Å². The number of halogens is 3. The first-order valence-corrected chi connectivity index (χ1v) is 2.75. The zero-order valence-corrected chi connectivity index (χ0v) is 9.17. The van der Waals surface area contributed by atoms with Crippen LogP contribution in [0.1, 0.15) is 0 Å². The molecule has 0 N–H and O–H groups in total. The van der Waals surface area contributed by atoms with Crippen LogP contribution in [-0.2, 0) is 6.44 Å². The van der Waals surface area contributed by atoms with Crippen molar-refractivity contribution in [3.05, 3.63) is 18.7 Å². The number of nitrogens with zero attached hydrogens (tertiary/aromatic N) is 2. The number of hydrogen-bond acceptors (Lipinski definition) is 1. The molecule has 0 aliphatic rings. The first kappa shape index (κ1) is 11.7. The van der Waals surface area contributed by atoms with E-state index >= 15 is 0 Å². The fraction of sp³-hybridized carbons (Fsp3) is 0.250. The molecule has 1 aromatic rings. The van der Waals surface area contributed by atoms with Gasteiger partial charge in [0.05, 0.1) is 6.33 Å². The van der Waals surface area contributed by atoms with Gasteiger partial charge in [0.1, 0.15) is 0 Å². The Labute approximate surface area is 105 Å². The van der Waals surface area contributed by atoms with Gasteiger partial charge in [-0.3, -0.25) is 0 Å². The quantitative estimate of drug-likeness (QED) is 0.504. The maximum atomic E-state index is 11.6. The van der Waals surface area contributed by atoms with Crippen molar-refractivity contribution in [3.63, 3.8) is 0 Å². The summed E-state index contributed by atoms with van der Waals surface area (Å²) >= 11 is 0. The van der Waals surface area contributed by atoms with Crippen LogP contribution in [0.15, 0.2) is 18.7 Å². The second-order valence-electron chi connectivity index (χ2n) is 1.97. The molecule has 2 nitrogen and oxygen atoms in total. The van der Waals surface area contributed by atoms with Crippen LogP contribution in [0.5, 0.6) is 0 Å². The molecule has 0 saturated heterocycles. The Kier molecular flexibility index (Phi) is 4.96. The summed E-state index contributed by atoms with van der Waals surface area (Å²) in [4.78, 5) is 3.48. The van der Waals surface area contributed by atoms with Gasteiger partial charge in [0.15, 0.2) is 0 Å². The Morgan fingerprint density at radius 2 is 2.00 bits per heavy atom. The molecule has 0 atom stereocenters. The SMILES string of the molecule is F[B-](F)(F)Cn1ccnc1.[K+]. The van der Waals surface area contributed by atoms with Crippen molar-refractivity contribution >= 4 is 6.98 Å². The molecule has 7 heteroatoms. The average Bonchev–Trinajstić information content (AvgIpc) is 2.12. The molecule has 1 rings (SSSR count). The molecule has 0 spiro atoms. The zero-order chi connectivity index (χ0) is 7.61.